The van der Waals surface area contributed by atoms with Crippen LogP contribution in [-0.2, 0) is 20.8 Å². The molecule has 0 saturated carbocycles. The van der Waals surface area contributed by atoms with Crippen LogP contribution in [0, 0.1) is 13.8 Å². The standard InChI is InChI=1S/2C17H14P.2ClH.Zr/c2*1-13-12-16(14-8-4-2-5-9-14)18-17(13)15-10-6-3-7-11-15;;;/h2*2-12H,1H3;2*1H;/q2*-1;;;+4/p-2. The number of hydrogen-bond donors (Lipinski definition) is 0. The monoisotopic (exact) mass is 658 g/mol. The van der Waals surface area contributed by atoms with Gasteiger partial charge in [-0.3, -0.25) is 0 Å². The van der Waals surface area contributed by atoms with Crippen LogP contribution in [0.25, 0.3) is 43.4 Å². The molecule has 0 saturated heterocycles. The van der Waals surface area contributed by atoms with E-state index in [4.69, 9.17) is 17.0 Å². The van der Waals surface area contributed by atoms with Crippen molar-refractivity contribution < 1.29 is 20.8 Å². The van der Waals surface area contributed by atoms with Gasteiger partial charge in [-0.2, -0.15) is 16.4 Å². The molecular weight excluding hydrogens is 632 g/mol. The van der Waals surface area contributed by atoms with Crippen LogP contribution in [0.15, 0.2) is 133 Å². The van der Waals surface area contributed by atoms with E-state index in [-0.39, 0.29) is 0 Å². The maximum atomic E-state index is 4.93. The third-order valence-electron chi connectivity index (χ3n) is 6.15. The molecule has 0 radical (unpaired) electrons. The van der Waals surface area contributed by atoms with E-state index >= 15 is 0 Å². The normalized spacial score (nSPS) is 10.4. The Hall–Kier alpha value is -2.10. The van der Waals surface area contributed by atoms with Crippen LogP contribution in [0.5, 0.6) is 0 Å². The summed E-state index contributed by atoms with van der Waals surface area (Å²) >= 11 is -0.826. The van der Waals surface area contributed by atoms with Gasteiger partial charge >= 0.3 is 37.9 Å². The van der Waals surface area contributed by atoms with Gasteiger partial charge in [0, 0.05) is 0 Å². The second-order valence-electron chi connectivity index (χ2n) is 8.88. The van der Waals surface area contributed by atoms with Gasteiger partial charge in [-0.05, 0) is 0 Å². The quantitative estimate of drug-likeness (QED) is 0.165. The van der Waals surface area contributed by atoms with Crippen LogP contribution in [0.3, 0.4) is 0 Å². The Balaban J connectivity index is 0.000000165. The summed E-state index contributed by atoms with van der Waals surface area (Å²) in [6.45, 7) is 4.40. The molecule has 4 aromatic carbocycles. The fraction of sp³-hybridized carbons (Fsp3) is 0.0588. The average Bonchev–Trinajstić information content (AvgIpc) is 3.58. The Kier molecular flexibility index (Phi) is 12.0. The van der Waals surface area contributed by atoms with Gasteiger partial charge in [0.2, 0.25) is 0 Å². The summed E-state index contributed by atoms with van der Waals surface area (Å²) in [4.78, 5) is 0. The number of halogens is 2. The number of benzene rings is 4. The molecule has 0 aliphatic rings. The molecule has 0 aliphatic carbocycles. The SMILES string of the molecule is Cc1cc(-c2ccccc2)p[c-]1-c1ccccc1.Cc1cc(-c2ccccc2)p[c-]1-c1ccccc1.[Cl][Zr+2][Cl]. The molecule has 0 nitrogen and oxygen atoms in total. The Morgan fingerprint density at radius 3 is 1.08 bits per heavy atom. The fourth-order valence-electron chi connectivity index (χ4n) is 4.32. The molecule has 39 heavy (non-hydrogen) atoms. The molecule has 5 heteroatoms. The maximum absolute atomic E-state index is 4.93. The first-order valence-corrected chi connectivity index (χ1v) is 20.7. The topological polar surface area (TPSA) is 0 Å². The molecule has 2 heterocycles. The van der Waals surface area contributed by atoms with E-state index in [1.807, 2.05) is 0 Å². The van der Waals surface area contributed by atoms with Crippen molar-refractivity contribution in [2.24, 2.45) is 0 Å². The van der Waals surface area contributed by atoms with E-state index in [9.17, 15) is 0 Å². The van der Waals surface area contributed by atoms with E-state index in [0.29, 0.717) is 0 Å². The summed E-state index contributed by atoms with van der Waals surface area (Å²) in [5.41, 5.74) is 8.06. The molecule has 0 amide bonds. The van der Waals surface area contributed by atoms with Crippen molar-refractivity contribution in [3.63, 3.8) is 0 Å². The van der Waals surface area contributed by atoms with E-state index in [1.54, 1.807) is 0 Å². The van der Waals surface area contributed by atoms with Crippen molar-refractivity contribution in [1.82, 2.24) is 0 Å². The molecule has 0 spiro atoms. The van der Waals surface area contributed by atoms with Crippen LogP contribution in [-0.4, -0.2) is 0 Å². The second kappa shape index (κ2) is 15.6. The third-order valence-corrected chi connectivity index (χ3v) is 9.08. The van der Waals surface area contributed by atoms with E-state index in [1.165, 1.54) is 70.9 Å². The van der Waals surface area contributed by atoms with Crippen LogP contribution in [0.4, 0.5) is 0 Å². The van der Waals surface area contributed by atoms with E-state index in [0.717, 1.165) is 0 Å². The second-order valence-corrected chi connectivity index (χ2v) is 14.9. The summed E-state index contributed by atoms with van der Waals surface area (Å²) in [5, 5.41) is 5.64. The van der Waals surface area contributed by atoms with Gasteiger partial charge in [-0.25, -0.2) is 0 Å². The third kappa shape index (κ3) is 8.45. The number of aryl methyl sites for hydroxylation is 2. The van der Waals surface area contributed by atoms with Gasteiger partial charge in [0.25, 0.3) is 0 Å². The Morgan fingerprint density at radius 1 is 0.487 bits per heavy atom. The first-order valence-electron chi connectivity index (χ1n) is 12.6. The summed E-state index contributed by atoms with van der Waals surface area (Å²) in [6, 6.07) is 47.2. The Labute approximate surface area is 254 Å². The zero-order valence-corrected chi connectivity index (χ0v) is 27.6. The van der Waals surface area contributed by atoms with Crippen molar-refractivity contribution in [1.29, 1.82) is 0 Å². The Bertz CT molecular complexity index is 1430. The molecule has 0 bridgehead atoms. The number of rotatable bonds is 4. The van der Waals surface area contributed by atoms with Gasteiger partial charge in [0.1, 0.15) is 0 Å². The molecule has 0 fully saturated rings. The molecular formula is C34H28Cl2P2Zr. The molecule has 0 unspecified atom stereocenters. The van der Waals surface area contributed by atoms with Crippen molar-refractivity contribution in [3.8, 4) is 43.4 Å². The predicted octanol–water partition coefficient (Wildman–Crippen LogP) is 12.6. The molecule has 6 aromatic rings. The molecule has 0 N–H and O–H groups in total. The van der Waals surface area contributed by atoms with Crippen LogP contribution in [0.1, 0.15) is 11.1 Å². The van der Waals surface area contributed by atoms with Crippen LogP contribution in [0.2, 0.25) is 0 Å². The first kappa shape index (κ1) is 29.9. The molecule has 192 valence electrons. The summed E-state index contributed by atoms with van der Waals surface area (Å²) in [6.07, 6.45) is 0. The van der Waals surface area contributed by atoms with Crippen molar-refractivity contribution in [2.75, 3.05) is 0 Å². The minimum atomic E-state index is -0.826. The van der Waals surface area contributed by atoms with Crippen LogP contribution >= 0.6 is 33.4 Å². The van der Waals surface area contributed by atoms with Gasteiger partial charge in [-0.15, -0.1) is 58.7 Å². The van der Waals surface area contributed by atoms with Gasteiger partial charge < -0.3 is 0 Å². The van der Waals surface area contributed by atoms with Gasteiger partial charge in [-0.1, -0.05) is 143 Å². The average molecular weight is 661 g/mol. The molecule has 0 atom stereocenters. The van der Waals surface area contributed by atoms with E-state index in [2.05, 4.69) is 147 Å². The predicted molar refractivity (Wildman–Crippen MR) is 172 cm³/mol. The molecule has 2 aromatic heterocycles. The zero-order valence-electron chi connectivity index (χ0n) is 21.9. The summed E-state index contributed by atoms with van der Waals surface area (Å²) in [7, 11) is 12.5. The zero-order chi connectivity index (χ0) is 27.5. The summed E-state index contributed by atoms with van der Waals surface area (Å²) < 4.78 is 0. The Morgan fingerprint density at radius 2 is 0.769 bits per heavy atom. The first-order chi connectivity index (χ1) is 19.1. The van der Waals surface area contributed by atoms with Crippen molar-refractivity contribution in [3.05, 3.63) is 145 Å². The van der Waals surface area contributed by atoms with Gasteiger partial charge in [0.05, 0.1) is 0 Å². The fourth-order valence-corrected chi connectivity index (χ4v) is 6.91. The number of hydrogen-bond acceptors (Lipinski definition) is 0. The minimum absolute atomic E-state index is 0.826. The van der Waals surface area contributed by atoms with Crippen LogP contribution < -0.4 is 0 Å². The van der Waals surface area contributed by atoms with E-state index < -0.39 is 20.8 Å². The van der Waals surface area contributed by atoms with Crippen molar-refractivity contribution in [2.45, 2.75) is 13.8 Å². The summed E-state index contributed by atoms with van der Waals surface area (Å²) in [5.74, 6) is 0. The van der Waals surface area contributed by atoms with Gasteiger partial charge in [0.15, 0.2) is 0 Å². The molecule has 6 rings (SSSR count). The molecule has 0 aliphatic heterocycles. The van der Waals surface area contributed by atoms with Crippen molar-refractivity contribution >= 4 is 33.4 Å².